The summed E-state index contributed by atoms with van der Waals surface area (Å²) in [6.45, 7) is 0.926. The molecule has 0 unspecified atom stereocenters. The number of H-pyrrole nitrogens is 1. The number of likely N-dealkylation sites (N-methyl/N-ethyl adjacent to an activating group) is 1. The molecule has 0 saturated heterocycles. The molecule has 0 bridgehead atoms. The summed E-state index contributed by atoms with van der Waals surface area (Å²) in [7, 11) is 1.94. The van der Waals surface area contributed by atoms with Crippen molar-refractivity contribution in [2.45, 2.75) is 6.42 Å². The Morgan fingerprint density at radius 3 is 2.86 bits per heavy atom. The third-order valence-corrected chi connectivity index (χ3v) is 3.64. The topological polar surface area (TPSA) is 83.8 Å². The largest absolute Gasteiger partial charge is 0.366 e. The number of carbonyl (C=O) groups is 1. The van der Waals surface area contributed by atoms with Gasteiger partial charge in [-0.05, 0) is 43.8 Å². The Hall–Kier alpha value is -2.66. The minimum Gasteiger partial charge on any atom is -0.366 e. The maximum atomic E-state index is 11.5. The Morgan fingerprint density at radius 2 is 2.09 bits per heavy atom. The van der Waals surface area contributed by atoms with Crippen LogP contribution in [-0.2, 0) is 6.42 Å². The predicted molar refractivity (Wildman–Crippen MR) is 87.7 cm³/mol. The maximum absolute atomic E-state index is 11.5. The fourth-order valence-corrected chi connectivity index (χ4v) is 2.51. The number of fused-ring (bicyclic) bond motifs is 1. The quantitative estimate of drug-likeness (QED) is 0.673. The molecule has 0 atom stereocenters. The molecule has 0 fully saturated rings. The Kier molecular flexibility index (Phi) is 3.89. The summed E-state index contributed by atoms with van der Waals surface area (Å²) < 4.78 is 0. The van der Waals surface area contributed by atoms with Gasteiger partial charge in [-0.25, -0.2) is 4.98 Å². The number of primary amides is 1. The second-order valence-corrected chi connectivity index (χ2v) is 5.21. The number of benzene rings is 2. The van der Waals surface area contributed by atoms with E-state index in [0.717, 1.165) is 29.9 Å². The molecule has 3 rings (SSSR count). The third kappa shape index (κ3) is 2.71. The van der Waals surface area contributed by atoms with Gasteiger partial charge in [0.2, 0.25) is 0 Å². The first-order valence-corrected chi connectivity index (χ1v) is 7.21. The lowest BCUT2D eigenvalue weighted by Crippen LogP contribution is -2.11. The molecule has 112 valence electrons. The molecule has 5 heteroatoms. The molecular weight excluding hydrogens is 276 g/mol. The van der Waals surface area contributed by atoms with E-state index in [9.17, 15) is 4.79 Å². The van der Waals surface area contributed by atoms with Crippen LogP contribution in [0.1, 0.15) is 15.9 Å². The van der Waals surface area contributed by atoms with Crippen LogP contribution in [0.5, 0.6) is 0 Å². The summed E-state index contributed by atoms with van der Waals surface area (Å²) in [5.74, 6) is 0.279. The Labute approximate surface area is 128 Å². The zero-order chi connectivity index (χ0) is 15.5. The molecule has 4 N–H and O–H groups in total. The zero-order valence-corrected chi connectivity index (χ0v) is 12.4. The molecule has 0 saturated carbocycles. The molecule has 0 aliphatic carbocycles. The summed E-state index contributed by atoms with van der Waals surface area (Å²) in [5.41, 5.74) is 9.51. The maximum Gasteiger partial charge on any atom is 0.250 e. The van der Waals surface area contributed by atoms with Crippen molar-refractivity contribution in [2.24, 2.45) is 5.73 Å². The number of aromatic nitrogens is 2. The van der Waals surface area contributed by atoms with Crippen molar-refractivity contribution in [1.82, 2.24) is 15.3 Å². The van der Waals surface area contributed by atoms with Crippen LogP contribution < -0.4 is 11.1 Å². The van der Waals surface area contributed by atoms with Crippen molar-refractivity contribution in [1.29, 1.82) is 0 Å². The second-order valence-electron chi connectivity index (χ2n) is 5.21. The second kappa shape index (κ2) is 5.99. The lowest BCUT2D eigenvalue weighted by molar-refractivity contribution is 0.100. The predicted octanol–water partition coefficient (Wildman–Crippen LogP) is 2.09. The molecular formula is C17H18N4O. The highest BCUT2D eigenvalue weighted by atomic mass is 16.1. The van der Waals surface area contributed by atoms with Gasteiger partial charge in [0.25, 0.3) is 5.91 Å². The van der Waals surface area contributed by atoms with E-state index < -0.39 is 5.91 Å². The molecule has 2 aromatic carbocycles. The van der Waals surface area contributed by atoms with Gasteiger partial charge in [-0.2, -0.15) is 0 Å². The summed E-state index contributed by atoms with van der Waals surface area (Å²) >= 11 is 0. The van der Waals surface area contributed by atoms with E-state index in [-0.39, 0.29) is 0 Å². The van der Waals surface area contributed by atoms with Crippen LogP contribution in [0.2, 0.25) is 0 Å². The highest BCUT2D eigenvalue weighted by molar-refractivity contribution is 6.04. The minimum absolute atomic E-state index is 0.436. The van der Waals surface area contributed by atoms with Crippen molar-refractivity contribution >= 4 is 16.9 Å². The van der Waals surface area contributed by atoms with Gasteiger partial charge < -0.3 is 16.0 Å². The molecule has 0 aliphatic rings. The number of nitrogens with one attached hydrogen (secondary N) is 2. The number of carbonyl (C=O) groups excluding carboxylic acids is 1. The molecule has 5 nitrogen and oxygen atoms in total. The van der Waals surface area contributed by atoms with E-state index in [2.05, 4.69) is 27.4 Å². The number of hydrogen-bond donors (Lipinski definition) is 3. The highest BCUT2D eigenvalue weighted by Gasteiger charge is 2.12. The summed E-state index contributed by atoms with van der Waals surface area (Å²) in [5, 5.41) is 3.14. The van der Waals surface area contributed by atoms with Crippen molar-refractivity contribution in [2.75, 3.05) is 13.6 Å². The first-order chi connectivity index (χ1) is 10.7. The number of rotatable bonds is 5. The molecule has 0 radical (unpaired) electrons. The number of imidazole rings is 1. The highest BCUT2D eigenvalue weighted by Crippen LogP contribution is 2.23. The summed E-state index contributed by atoms with van der Waals surface area (Å²) in [4.78, 5) is 19.3. The summed E-state index contributed by atoms with van der Waals surface area (Å²) in [6.07, 6.45) is 0.955. The molecule has 0 spiro atoms. The van der Waals surface area contributed by atoms with Gasteiger partial charge in [0.05, 0.1) is 11.1 Å². The summed E-state index contributed by atoms with van der Waals surface area (Å²) in [6, 6.07) is 13.6. The Morgan fingerprint density at radius 1 is 1.27 bits per heavy atom. The standard InChI is InChI=1S/C17H18N4O/c1-19-9-8-11-4-2-5-12(10-11)17-20-14-7-3-6-13(16(18)22)15(14)21-17/h2-7,10,19H,8-9H2,1H3,(H2,18,22)(H,20,21). The molecule has 1 heterocycles. The fraction of sp³-hybridized carbons (Fsp3) is 0.176. The number of aromatic amines is 1. The van der Waals surface area contributed by atoms with Crippen molar-refractivity contribution in [3.8, 4) is 11.4 Å². The van der Waals surface area contributed by atoms with Crippen molar-refractivity contribution in [3.63, 3.8) is 0 Å². The lowest BCUT2D eigenvalue weighted by atomic mass is 10.1. The average Bonchev–Trinajstić information content (AvgIpc) is 2.97. The van der Waals surface area contributed by atoms with Crippen LogP contribution >= 0.6 is 0 Å². The van der Waals surface area contributed by atoms with Gasteiger partial charge in [-0.1, -0.05) is 24.3 Å². The van der Waals surface area contributed by atoms with E-state index >= 15 is 0 Å². The number of hydrogen-bond acceptors (Lipinski definition) is 3. The lowest BCUT2D eigenvalue weighted by Gasteiger charge is -2.03. The minimum atomic E-state index is -0.466. The van der Waals surface area contributed by atoms with Crippen LogP contribution in [0.3, 0.4) is 0 Å². The monoisotopic (exact) mass is 294 g/mol. The fourth-order valence-electron chi connectivity index (χ4n) is 2.51. The first kappa shape index (κ1) is 14.3. The van der Waals surface area contributed by atoms with E-state index in [1.807, 2.05) is 25.2 Å². The van der Waals surface area contributed by atoms with Gasteiger partial charge >= 0.3 is 0 Å². The van der Waals surface area contributed by atoms with E-state index in [1.165, 1.54) is 5.56 Å². The molecule has 0 aliphatic heterocycles. The average molecular weight is 294 g/mol. The van der Waals surface area contributed by atoms with Crippen LogP contribution in [0, 0.1) is 0 Å². The smallest absolute Gasteiger partial charge is 0.250 e. The van der Waals surface area contributed by atoms with E-state index in [1.54, 1.807) is 12.1 Å². The van der Waals surface area contributed by atoms with Crippen molar-refractivity contribution < 1.29 is 4.79 Å². The number of amides is 1. The Bertz CT molecular complexity index is 822. The van der Waals surface area contributed by atoms with E-state index in [0.29, 0.717) is 11.1 Å². The number of nitrogens with zero attached hydrogens (tertiary/aromatic N) is 1. The van der Waals surface area contributed by atoms with E-state index in [4.69, 9.17) is 5.73 Å². The molecule has 1 amide bonds. The normalized spacial score (nSPS) is 11.0. The van der Waals surface area contributed by atoms with Gasteiger partial charge in [-0.15, -0.1) is 0 Å². The van der Waals surface area contributed by atoms with Gasteiger partial charge in [-0.3, -0.25) is 4.79 Å². The number of nitrogens with two attached hydrogens (primary N) is 1. The first-order valence-electron chi connectivity index (χ1n) is 7.21. The third-order valence-electron chi connectivity index (χ3n) is 3.64. The van der Waals surface area contributed by atoms with Crippen LogP contribution in [0.25, 0.3) is 22.4 Å². The van der Waals surface area contributed by atoms with Gasteiger partial charge in [0.15, 0.2) is 0 Å². The van der Waals surface area contributed by atoms with Crippen LogP contribution in [0.15, 0.2) is 42.5 Å². The van der Waals surface area contributed by atoms with Gasteiger partial charge in [0.1, 0.15) is 11.3 Å². The van der Waals surface area contributed by atoms with Crippen LogP contribution in [0.4, 0.5) is 0 Å². The van der Waals surface area contributed by atoms with Crippen LogP contribution in [-0.4, -0.2) is 29.5 Å². The molecule has 3 aromatic rings. The zero-order valence-electron chi connectivity index (χ0n) is 12.4. The Balaban J connectivity index is 2.03. The SMILES string of the molecule is CNCCc1cccc(-c2nc3c(C(N)=O)cccc3[nH]2)c1. The van der Waals surface area contributed by atoms with Gasteiger partial charge in [0, 0.05) is 5.56 Å². The number of para-hydroxylation sites is 1. The molecule has 22 heavy (non-hydrogen) atoms. The van der Waals surface area contributed by atoms with Crippen molar-refractivity contribution in [3.05, 3.63) is 53.6 Å². The molecule has 1 aromatic heterocycles.